The highest BCUT2D eigenvalue weighted by Gasteiger charge is 2.19. The molecule has 4 aromatic rings. The number of aryl methyl sites for hydroxylation is 1. The number of fused-ring (bicyclic) bond motifs is 1. The van der Waals surface area contributed by atoms with Gasteiger partial charge in [0.15, 0.2) is 5.43 Å². The van der Waals surface area contributed by atoms with Gasteiger partial charge in [-0.15, -0.1) is 11.8 Å². The van der Waals surface area contributed by atoms with Gasteiger partial charge in [-0.2, -0.15) is 0 Å². The molecule has 6 heteroatoms. The number of aromatic nitrogens is 1. The molecule has 0 saturated heterocycles. The highest BCUT2D eigenvalue weighted by atomic mass is 35.5. The number of benzene rings is 2. The number of halogens is 1. The number of hydrogen-bond acceptors (Lipinski definition) is 5. The van der Waals surface area contributed by atoms with Gasteiger partial charge in [0.1, 0.15) is 21.5 Å². The average Bonchev–Trinajstić information content (AvgIpc) is 2.77. The molecular formula is C25H23ClN2O2S. The molecule has 0 aliphatic carbocycles. The average molecular weight is 451 g/mol. The molecule has 1 unspecified atom stereocenters. The van der Waals surface area contributed by atoms with Gasteiger partial charge in [-0.3, -0.25) is 4.79 Å². The van der Waals surface area contributed by atoms with E-state index >= 15 is 0 Å². The zero-order valence-electron chi connectivity index (χ0n) is 17.8. The van der Waals surface area contributed by atoms with Crippen LogP contribution in [0, 0.1) is 13.8 Å². The van der Waals surface area contributed by atoms with Crippen molar-refractivity contribution in [1.82, 2.24) is 4.98 Å². The number of nitrogens with zero attached hydrogens (tertiary/aromatic N) is 1. The van der Waals surface area contributed by atoms with E-state index in [-0.39, 0.29) is 11.5 Å². The standard InChI is InChI=1S/C25H23ClN2O2S/c1-14-12-18(16(3)27-20-10-11-21(26)28-25(20)31-4)24-19(13-14)22(29)15(2)23(30-24)17-8-6-5-7-9-17/h5-13,16,27H,1-4H3. The van der Waals surface area contributed by atoms with E-state index in [4.69, 9.17) is 16.0 Å². The molecule has 2 aromatic carbocycles. The summed E-state index contributed by atoms with van der Waals surface area (Å²) in [5.74, 6) is 0.605. The number of nitrogens with one attached hydrogen (secondary N) is 1. The van der Waals surface area contributed by atoms with Crippen molar-refractivity contribution in [1.29, 1.82) is 0 Å². The van der Waals surface area contributed by atoms with Crippen molar-refractivity contribution in [2.45, 2.75) is 31.8 Å². The summed E-state index contributed by atoms with van der Waals surface area (Å²) in [7, 11) is 0. The predicted molar refractivity (Wildman–Crippen MR) is 130 cm³/mol. The third-order valence-corrected chi connectivity index (χ3v) is 6.19. The van der Waals surface area contributed by atoms with Crippen LogP contribution in [-0.4, -0.2) is 11.2 Å². The lowest BCUT2D eigenvalue weighted by Crippen LogP contribution is -2.13. The Kier molecular flexibility index (Phi) is 6.08. The Labute approximate surface area is 190 Å². The molecule has 0 amide bonds. The van der Waals surface area contributed by atoms with Gasteiger partial charge in [-0.05, 0) is 50.8 Å². The fraction of sp³-hybridized carbons (Fsp3) is 0.200. The maximum absolute atomic E-state index is 13.2. The topological polar surface area (TPSA) is 55.1 Å². The highest BCUT2D eigenvalue weighted by molar-refractivity contribution is 7.98. The lowest BCUT2D eigenvalue weighted by Gasteiger charge is -2.20. The van der Waals surface area contributed by atoms with Crippen LogP contribution in [0.4, 0.5) is 5.69 Å². The summed E-state index contributed by atoms with van der Waals surface area (Å²) in [5.41, 5.74) is 4.92. The smallest absolute Gasteiger partial charge is 0.196 e. The number of thioether (sulfide) groups is 1. The predicted octanol–water partition coefficient (Wildman–Crippen LogP) is 7.02. The lowest BCUT2D eigenvalue weighted by molar-refractivity contribution is 0.605. The first-order valence-corrected chi connectivity index (χ1v) is 11.6. The normalized spacial score (nSPS) is 12.2. The van der Waals surface area contributed by atoms with E-state index in [1.807, 2.05) is 62.6 Å². The minimum atomic E-state index is -0.120. The van der Waals surface area contributed by atoms with E-state index in [1.54, 1.807) is 6.07 Å². The van der Waals surface area contributed by atoms with Crippen molar-refractivity contribution in [3.8, 4) is 11.3 Å². The first kappa shape index (κ1) is 21.5. The van der Waals surface area contributed by atoms with Crippen LogP contribution in [-0.2, 0) is 0 Å². The van der Waals surface area contributed by atoms with Gasteiger partial charge in [0.05, 0.1) is 17.1 Å². The summed E-state index contributed by atoms with van der Waals surface area (Å²) in [6.45, 7) is 5.86. The SMILES string of the molecule is CSc1nc(Cl)ccc1NC(C)c1cc(C)cc2c(=O)c(C)c(-c3ccccc3)oc12. The van der Waals surface area contributed by atoms with E-state index in [0.29, 0.717) is 27.4 Å². The van der Waals surface area contributed by atoms with Crippen LogP contribution in [0.5, 0.6) is 0 Å². The van der Waals surface area contributed by atoms with Gasteiger partial charge < -0.3 is 9.73 Å². The Morgan fingerprint density at radius 3 is 2.55 bits per heavy atom. The van der Waals surface area contributed by atoms with Crippen molar-refractivity contribution in [3.63, 3.8) is 0 Å². The van der Waals surface area contributed by atoms with Gasteiger partial charge in [-0.25, -0.2) is 4.98 Å². The van der Waals surface area contributed by atoms with Crippen LogP contribution in [0.2, 0.25) is 5.15 Å². The number of rotatable bonds is 5. The van der Waals surface area contributed by atoms with E-state index in [2.05, 4.69) is 23.3 Å². The molecule has 0 bridgehead atoms. The minimum Gasteiger partial charge on any atom is -0.455 e. The van der Waals surface area contributed by atoms with E-state index < -0.39 is 0 Å². The van der Waals surface area contributed by atoms with Gasteiger partial charge in [0.2, 0.25) is 0 Å². The summed E-state index contributed by atoms with van der Waals surface area (Å²) < 4.78 is 6.40. The highest BCUT2D eigenvalue weighted by Crippen LogP contribution is 2.33. The first-order chi connectivity index (χ1) is 14.9. The Hall–Kier alpha value is -2.76. The fourth-order valence-electron chi connectivity index (χ4n) is 3.75. The second-order valence-electron chi connectivity index (χ2n) is 7.54. The first-order valence-electron chi connectivity index (χ1n) is 9.99. The van der Waals surface area contributed by atoms with Gasteiger partial charge in [0.25, 0.3) is 0 Å². The second kappa shape index (κ2) is 8.77. The van der Waals surface area contributed by atoms with Crippen molar-refractivity contribution in [3.05, 3.63) is 86.7 Å². The van der Waals surface area contributed by atoms with Crippen molar-refractivity contribution >= 4 is 40.0 Å². The molecule has 0 spiro atoms. The zero-order valence-corrected chi connectivity index (χ0v) is 19.4. The molecule has 0 saturated carbocycles. The monoisotopic (exact) mass is 450 g/mol. The third-order valence-electron chi connectivity index (χ3n) is 5.29. The summed E-state index contributed by atoms with van der Waals surface area (Å²) in [4.78, 5) is 17.6. The molecule has 31 heavy (non-hydrogen) atoms. The zero-order chi connectivity index (χ0) is 22.1. The Morgan fingerprint density at radius 2 is 1.84 bits per heavy atom. The fourth-order valence-corrected chi connectivity index (χ4v) is 4.48. The Bertz CT molecular complexity index is 1320. The van der Waals surface area contributed by atoms with Crippen LogP contribution in [0.15, 0.2) is 68.8 Å². The maximum atomic E-state index is 13.2. The molecule has 2 aromatic heterocycles. The molecule has 4 rings (SSSR count). The molecule has 0 fully saturated rings. The Morgan fingerprint density at radius 1 is 1.10 bits per heavy atom. The molecule has 1 atom stereocenters. The van der Waals surface area contributed by atoms with Crippen molar-refractivity contribution in [2.24, 2.45) is 0 Å². The largest absolute Gasteiger partial charge is 0.455 e. The van der Waals surface area contributed by atoms with Crippen LogP contribution in [0.25, 0.3) is 22.3 Å². The second-order valence-corrected chi connectivity index (χ2v) is 8.72. The molecule has 1 N–H and O–H groups in total. The quantitative estimate of drug-likeness (QED) is 0.261. The van der Waals surface area contributed by atoms with E-state index in [9.17, 15) is 4.79 Å². The van der Waals surface area contributed by atoms with Crippen molar-refractivity contribution in [2.75, 3.05) is 11.6 Å². The van der Waals surface area contributed by atoms with Gasteiger partial charge in [0, 0.05) is 16.7 Å². The number of anilines is 1. The summed E-state index contributed by atoms with van der Waals surface area (Å²) in [5, 5.41) is 5.39. The van der Waals surface area contributed by atoms with Crippen LogP contribution in [0.3, 0.4) is 0 Å². The molecule has 0 radical (unpaired) electrons. The Balaban J connectivity index is 1.88. The molecule has 4 nitrogen and oxygen atoms in total. The maximum Gasteiger partial charge on any atom is 0.196 e. The van der Waals surface area contributed by atoms with E-state index in [0.717, 1.165) is 27.4 Å². The number of pyridine rings is 1. The van der Waals surface area contributed by atoms with Crippen LogP contribution < -0.4 is 10.7 Å². The van der Waals surface area contributed by atoms with Gasteiger partial charge >= 0.3 is 0 Å². The van der Waals surface area contributed by atoms with E-state index in [1.165, 1.54) is 11.8 Å². The van der Waals surface area contributed by atoms with Crippen LogP contribution >= 0.6 is 23.4 Å². The summed E-state index contributed by atoms with van der Waals surface area (Å²) in [6, 6.07) is 17.3. The van der Waals surface area contributed by atoms with Gasteiger partial charge in [-0.1, -0.05) is 48.0 Å². The summed E-state index contributed by atoms with van der Waals surface area (Å²) >= 11 is 7.58. The number of hydrogen-bond donors (Lipinski definition) is 1. The summed E-state index contributed by atoms with van der Waals surface area (Å²) in [6.07, 6.45) is 1.96. The lowest BCUT2D eigenvalue weighted by atomic mass is 9.99. The third kappa shape index (κ3) is 4.21. The van der Waals surface area contributed by atoms with Crippen molar-refractivity contribution < 1.29 is 4.42 Å². The molecule has 0 aliphatic heterocycles. The molecule has 158 valence electrons. The molecule has 0 aliphatic rings. The van der Waals surface area contributed by atoms with Crippen LogP contribution in [0.1, 0.15) is 29.7 Å². The minimum absolute atomic E-state index is 0.00443. The molecule has 2 heterocycles. The molecular weight excluding hydrogens is 428 g/mol.